The molecule has 0 aliphatic heterocycles. The summed E-state index contributed by atoms with van der Waals surface area (Å²) in [6.07, 6.45) is 1.03. The molecule has 7 heteroatoms. The van der Waals surface area contributed by atoms with Crippen molar-refractivity contribution in [3.8, 4) is 0 Å². The zero-order valence-electron chi connectivity index (χ0n) is 9.76. The summed E-state index contributed by atoms with van der Waals surface area (Å²) in [5.41, 5.74) is 0. The van der Waals surface area contributed by atoms with E-state index in [1.807, 2.05) is 0 Å². The largest absolute Gasteiger partial charge is 0.468 e. The first kappa shape index (κ1) is 15.3. The molecule has 2 N–H and O–H groups in total. The SMILES string of the molecule is COC(=O)C(C)S(=O)(=O)NC(C)CCCO. The van der Waals surface area contributed by atoms with Crippen LogP contribution in [0.2, 0.25) is 0 Å². The van der Waals surface area contributed by atoms with Crippen molar-refractivity contribution in [2.24, 2.45) is 0 Å². The normalized spacial score (nSPS) is 15.5. The van der Waals surface area contributed by atoms with Crippen LogP contribution in [0, 0.1) is 0 Å². The van der Waals surface area contributed by atoms with Gasteiger partial charge in [0, 0.05) is 12.6 Å². The summed E-state index contributed by atoms with van der Waals surface area (Å²) in [5.74, 6) is -0.790. The molecule has 0 fully saturated rings. The molecule has 2 unspecified atom stereocenters. The lowest BCUT2D eigenvalue weighted by Crippen LogP contribution is -2.42. The summed E-state index contributed by atoms with van der Waals surface area (Å²) in [6, 6.07) is -0.316. The third-order valence-corrected chi connectivity index (χ3v) is 4.01. The number of carbonyl (C=O) groups is 1. The van der Waals surface area contributed by atoms with Gasteiger partial charge in [0.25, 0.3) is 0 Å². The lowest BCUT2D eigenvalue weighted by atomic mass is 10.2. The molecule has 0 aromatic heterocycles. The number of ether oxygens (including phenoxy) is 1. The third kappa shape index (κ3) is 4.91. The first-order valence-corrected chi connectivity index (χ1v) is 6.59. The number of hydrogen-bond acceptors (Lipinski definition) is 5. The number of hydrogen-bond donors (Lipinski definition) is 2. The highest BCUT2D eigenvalue weighted by Gasteiger charge is 2.29. The zero-order chi connectivity index (χ0) is 12.8. The van der Waals surface area contributed by atoms with E-state index < -0.39 is 21.2 Å². The van der Waals surface area contributed by atoms with Crippen molar-refractivity contribution in [1.82, 2.24) is 4.72 Å². The Hall–Kier alpha value is -0.660. The predicted octanol–water partition coefficient (Wildman–Crippen LogP) is -0.372. The molecule has 0 heterocycles. The average molecular weight is 253 g/mol. The molecule has 0 aliphatic carbocycles. The van der Waals surface area contributed by atoms with Gasteiger partial charge in [-0.15, -0.1) is 0 Å². The van der Waals surface area contributed by atoms with Gasteiger partial charge >= 0.3 is 5.97 Å². The van der Waals surface area contributed by atoms with Gasteiger partial charge in [-0.3, -0.25) is 4.79 Å². The molecule has 0 aliphatic rings. The van der Waals surface area contributed by atoms with E-state index in [1.54, 1.807) is 6.92 Å². The lowest BCUT2D eigenvalue weighted by Gasteiger charge is -2.16. The molecule has 0 saturated heterocycles. The number of aliphatic hydroxyl groups is 1. The topological polar surface area (TPSA) is 92.7 Å². The smallest absolute Gasteiger partial charge is 0.325 e. The Kier molecular flexibility index (Phi) is 6.54. The number of rotatable bonds is 7. The monoisotopic (exact) mass is 253 g/mol. The van der Waals surface area contributed by atoms with E-state index in [4.69, 9.17) is 5.11 Å². The first-order chi connectivity index (χ1) is 7.35. The van der Waals surface area contributed by atoms with Crippen LogP contribution >= 0.6 is 0 Å². The Morgan fingerprint density at radius 2 is 2.00 bits per heavy atom. The van der Waals surface area contributed by atoms with Crippen molar-refractivity contribution >= 4 is 16.0 Å². The van der Waals surface area contributed by atoms with Gasteiger partial charge in [0.1, 0.15) is 0 Å². The van der Waals surface area contributed by atoms with E-state index in [-0.39, 0.29) is 12.6 Å². The van der Waals surface area contributed by atoms with Crippen LogP contribution < -0.4 is 4.72 Å². The highest BCUT2D eigenvalue weighted by molar-refractivity contribution is 7.90. The quantitative estimate of drug-likeness (QED) is 0.604. The summed E-state index contributed by atoms with van der Waals surface area (Å²) in [4.78, 5) is 11.1. The van der Waals surface area contributed by atoms with Crippen LogP contribution in [0.5, 0.6) is 0 Å². The molecule has 0 aromatic carbocycles. The molecule has 0 aromatic rings. The number of nitrogens with one attached hydrogen (secondary N) is 1. The molecule has 96 valence electrons. The van der Waals surface area contributed by atoms with Crippen LogP contribution in [0.25, 0.3) is 0 Å². The fraction of sp³-hybridized carbons (Fsp3) is 0.889. The molecular weight excluding hydrogens is 234 g/mol. The van der Waals surface area contributed by atoms with Gasteiger partial charge in [-0.1, -0.05) is 0 Å². The van der Waals surface area contributed by atoms with Crippen molar-refractivity contribution in [2.45, 2.75) is 38.0 Å². The molecule has 16 heavy (non-hydrogen) atoms. The molecule has 0 saturated carbocycles. The van der Waals surface area contributed by atoms with E-state index in [9.17, 15) is 13.2 Å². The Morgan fingerprint density at radius 3 is 2.44 bits per heavy atom. The molecule has 0 rings (SSSR count). The molecule has 2 atom stereocenters. The fourth-order valence-corrected chi connectivity index (χ4v) is 2.36. The van der Waals surface area contributed by atoms with Crippen LogP contribution in [0.3, 0.4) is 0 Å². The molecular formula is C9H19NO5S. The van der Waals surface area contributed by atoms with Crippen molar-refractivity contribution in [1.29, 1.82) is 0 Å². The van der Waals surface area contributed by atoms with Crippen LogP contribution in [-0.4, -0.2) is 44.5 Å². The Morgan fingerprint density at radius 1 is 1.44 bits per heavy atom. The molecule has 6 nitrogen and oxygen atoms in total. The van der Waals surface area contributed by atoms with E-state index in [2.05, 4.69) is 9.46 Å². The van der Waals surface area contributed by atoms with Crippen LogP contribution in [0.4, 0.5) is 0 Å². The summed E-state index contributed by atoms with van der Waals surface area (Å²) in [6.45, 7) is 2.96. The van der Waals surface area contributed by atoms with Gasteiger partial charge in [0.2, 0.25) is 10.0 Å². The average Bonchev–Trinajstić information content (AvgIpc) is 2.23. The van der Waals surface area contributed by atoms with E-state index in [0.717, 1.165) is 7.11 Å². The second-order valence-electron chi connectivity index (χ2n) is 3.60. The number of aliphatic hydroxyl groups excluding tert-OH is 1. The fourth-order valence-electron chi connectivity index (χ4n) is 1.13. The highest BCUT2D eigenvalue weighted by atomic mass is 32.2. The van der Waals surface area contributed by atoms with Crippen molar-refractivity contribution in [3.63, 3.8) is 0 Å². The zero-order valence-corrected chi connectivity index (χ0v) is 10.6. The Bertz CT molecular complexity index is 314. The molecule has 0 radical (unpaired) electrons. The van der Waals surface area contributed by atoms with Crippen molar-refractivity contribution in [2.75, 3.05) is 13.7 Å². The maximum absolute atomic E-state index is 11.6. The molecule has 0 bridgehead atoms. The number of esters is 1. The van der Waals surface area contributed by atoms with Gasteiger partial charge in [0.05, 0.1) is 7.11 Å². The third-order valence-electron chi connectivity index (χ3n) is 2.16. The Labute approximate surface area is 96.0 Å². The number of carbonyl (C=O) groups excluding carboxylic acids is 1. The number of sulfonamides is 1. The first-order valence-electron chi connectivity index (χ1n) is 5.05. The van der Waals surface area contributed by atoms with E-state index in [0.29, 0.717) is 12.8 Å². The predicted molar refractivity (Wildman–Crippen MR) is 59.3 cm³/mol. The van der Waals surface area contributed by atoms with Gasteiger partial charge in [-0.05, 0) is 26.7 Å². The number of methoxy groups -OCH3 is 1. The Balaban J connectivity index is 4.39. The molecule has 0 spiro atoms. The molecule has 0 amide bonds. The van der Waals surface area contributed by atoms with Crippen molar-refractivity contribution in [3.05, 3.63) is 0 Å². The van der Waals surface area contributed by atoms with E-state index >= 15 is 0 Å². The second-order valence-corrected chi connectivity index (χ2v) is 5.63. The maximum atomic E-state index is 11.6. The van der Waals surface area contributed by atoms with Gasteiger partial charge in [-0.25, -0.2) is 13.1 Å². The summed E-state index contributed by atoms with van der Waals surface area (Å²) >= 11 is 0. The van der Waals surface area contributed by atoms with Gasteiger partial charge in [-0.2, -0.15) is 0 Å². The van der Waals surface area contributed by atoms with Crippen LogP contribution in [0.1, 0.15) is 26.7 Å². The second kappa shape index (κ2) is 6.82. The highest BCUT2D eigenvalue weighted by Crippen LogP contribution is 2.04. The van der Waals surface area contributed by atoms with Gasteiger partial charge in [0.15, 0.2) is 5.25 Å². The van der Waals surface area contributed by atoms with Crippen LogP contribution in [-0.2, 0) is 19.6 Å². The standard InChI is InChI=1S/C9H19NO5S/c1-7(5-4-6-11)10-16(13,14)8(2)9(12)15-3/h7-8,10-11H,4-6H2,1-3H3. The lowest BCUT2D eigenvalue weighted by molar-refractivity contribution is -0.139. The van der Waals surface area contributed by atoms with E-state index in [1.165, 1.54) is 6.92 Å². The summed E-state index contributed by atoms with van der Waals surface area (Å²) in [5, 5.41) is 7.37. The van der Waals surface area contributed by atoms with Gasteiger partial charge < -0.3 is 9.84 Å². The summed E-state index contributed by atoms with van der Waals surface area (Å²) in [7, 11) is -2.57. The van der Waals surface area contributed by atoms with Crippen LogP contribution in [0.15, 0.2) is 0 Å². The van der Waals surface area contributed by atoms with Crippen molar-refractivity contribution < 1.29 is 23.1 Å². The maximum Gasteiger partial charge on any atom is 0.325 e. The minimum Gasteiger partial charge on any atom is -0.468 e. The summed E-state index contributed by atoms with van der Waals surface area (Å²) < 4.78 is 30.0. The minimum absolute atomic E-state index is 0.0125. The minimum atomic E-state index is -3.71.